The molecule has 0 spiro atoms. The van der Waals surface area contributed by atoms with Crippen molar-refractivity contribution in [1.29, 1.82) is 0 Å². The quantitative estimate of drug-likeness (QED) is 0.606. The zero-order valence-corrected chi connectivity index (χ0v) is 8.89. The highest BCUT2D eigenvalue weighted by Crippen LogP contribution is 2.19. The summed E-state index contributed by atoms with van der Waals surface area (Å²) in [5.41, 5.74) is 0. The van der Waals surface area contributed by atoms with Crippen molar-refractivity contribution < 1.29 is 0 Å². The standard InChI is InChI=1S/C10H23N/c1-8(2)10(4)9(3)7-11(5)6/h8-10H,7H2,1-6H3. The summed E-state index contributed by atoms with van der Waals surface area (Å²) in [4.78, 5) is 2.27. The van der Waals surface area contributed by atoms with E-state index in [9.17, 15) is 0 Å². The van der Waals surface area contributed by atoms with Gasteiger partial charge in [-0.2, -0.15) is 0 Å². The summed E-state index contributed by atoms with van der Waals surface area (Å²) in [6.45, 7) is 10.5. The molecule has 0 aromatic rings. The van der Waals surface area contributed by atoms with Crippen LogP contribution in [0.2, 0.25) is 0 Å². The van der Waals surface area contributed by atoms with Crippen molar-refractivity contribution in [3.63, 3.8) is 0 Å². The number of hydrogen-bond donors (Lipinski definition) is 0. The van der Waals surface area contributed by atoms with E-state index in [2.05, 4.69) is 46.7 Å². The van der Waals surface area contributed by atoms with E-state index in [0.717, 1.165) is 17.8 Å². The van der Waals surface area contributed by atoms with E-state index in [-0.39, 0.29) is 0 Å². The zero-order chi connectivity index (χ0) is 9.02. The minimum atomic E-state index is 0.810. The Labute approximate surface area is 71.8 Å². The molecule has 0 aliphatic carbocycles. The molecule has 0 radical (unpaired) electrons. The van der Waals surface area contributed by atoms with Gasteiger partial charge in [-0.3, -0.25) is 0 Å². The van der Waals surface area contributed by atoms with Crippen LogP contribution in [0.3, 0.4) is 0 Å². The van der Waals surface area contributed by atoms with Crippen molar-refractivity contribution >= 4 is 0 Å². The van der Waals surface area contributed by atoms with Crippen LogP contribution < -0.4 is 0 Å². The lowest BCUT2D eigenvalue weighted by Crippen LogP contribution is -2.26. The first-order valence-electron chi connectivity index (χ1n) is 4.59. The molecule has 0 aromatic carbocycles. The summed E-state index contributed by atoms with van der Waals surface area (Å²) >= 11 is 0. The number of rotatable bonds is 4. The largest absolute Gasteiger partial charge is 0.309 e. The van der Waals surface area contributed by atoms with Gasteiger partial charge in [0.05, 0.1) is 0 Å². The van der Waals surface area contributed by atoms with Crippen molar-refractivity contribution in [2.75, 3.05) is 20.6 Å². The predicted octanol–water partition coefficient (Wildman–Crippen LogP) is 2.48. The Balaban J connectivity index is 3.73. The molecule has 0 heterocycles. The van der Waals surface area contributed by atoms with Crippen molar-refractivity contribution in [1.82, 2.24) is 4.90 Å². The molecule has 2 atom stereocenters. The molecule has 1 nitrogen and oxygen atoms in total. The highest BCUT2D eigenvalue weighted by atomic mass is 15.1. The smallest absolute Gasteiger partial charge is 0.000356 e. The second-order valence-corrected chi connectivity index (χ2v) is 4.34. The molecule has 0 N–H and O–H groups in total. The van der Waals surface area contributed by atoms with Crippen LogP contribution in [0.25, 0.3) is 0 Å². The predicted molar refractivity (Wildman–Crippen MR) is 51.7 cm³/mol. The molecular weight excluding hydrogens is 134 g/mol. The fourth-order valence-corrected chi connectivity index (χ4v) is 1.40. The van der Waals surface area contributed by atoms with Crippen LogP contribution >= 0.6 is 0 Å². The lowest BCUT2D eigenvalue weighted by Gasteiger charge is -2.25. The summed E-state index contributed by atoms with van der Waals surface area (Å²) in [7, 11) is 4.28. The lowest BCUT2D eigenvalue weighted by atomic mass is 9.86. The zero-order valence-electron chi connectivity index (χ0n) is 8.89. The highest BCUT2D eigenvalue weighted by molar-refractivity contribution is 4.66. The summed E-state index contributed by atoms with van der Waals surface area (Å²) in [6.07, 6.45) is 0. The molecule has 0 saturated heterocycles. The van der Waals surface area contributed by atoms with Crippen molar-refractivity contribution in [3.05, 3.63) is 0 Å². The Bertz CT molecular complexity index is 97.0. The van der Waals surface area contributed by atoms with Crippen molar-refractivity contribution in [2.24, 2.45) is 17.8 Å². The van der Waals surface area contributed by atoms with Gasteiger partial charge in [0.2, 0.25) is 0 Å². The van der Waals surface area contributed by atoms with Gasteiger partial charge in [-0.05, 0) is 31.8 Å². The Morgan fingerprint density at radius 3 is 1.73 bits per heavy atom. The molecule has 0 rings (SSSR count). The molecule has 0 aliphatic heterocycles. The average Bonchev–Trinajstić information content (AvgIpc) is 1.84. The molecule has 1 heteroatoms. The van der Waals surface area contributed by atoms with Gasteiger partial charge in [0.1, 0.15) is 0 Å². The van der Waals surface area contributed by atoms with Gasteiger partial charge in [-0.15, -0.1) is 0 Å². The average molecular weight is 157 g/mol. The Morgan fingerprint density at radius 1 is 1.00 bits per heavy atom. The summed E-state index contributed by atoms with van der Waals surface area (Å²) in [6, 6.07) is 0. The van der Waals surface area contributed by atoms with E-state index in [0.29, 0.717) is 0 Å². The van der Waals surface area contributed by atoms with Gasteiger partial charge in [-0.1, -0.05) is 27.7 Å². The lowest BCUT2D eigenvalue weighted by molar-refractivity contribution is 0.231. The first-order valence-corrected chi connectivity index (χ1v) is 4.59. The van der Waals surface area contributed by atoms with Crippen LogP contribution in [0.1, 0.15) is 27.7 Å². The molecule has 0 aromatic heterocycles. The first-order chi connectivity index (χ1) is 4.95. The molecule has 0 aliphatic rings. The van der Waals surface area contributed by atoms with Crippen LogP contribution in [0.15, 0.2) is 0 Å². The Kier molecular flexibility index (Phi) is 4.74. The van der Waals surface area contributed by atoms with Gasteiger partial charge in [-0.25, -0.2) is 0 Å². The first kappa shape index (κ1) is 11.0. The monoisotopic (exact) mass is 157 g/mol. The minimum Gasteiger partial charge on any atom is -0.309 e. The van der Waals surface area contributed by atoms with E-state index in [4.69, 9.17) is 0 Å². The molecule has 0 fully saturated rings. The second kappa shape index (κ2) is 4.76. The van der Waals surface area contributed by atoms with Gasteiger partial charge < -0.3 is 4.90 Å². The third-order valence-electron chi connectivity index (χ3n) is 2.60. The van der Waals surface area contributed by atoms with E-state index < -0.39 is 0 Å². The molecule has 68 valence electrons. The van der Waals surface area contributed by atoms with Gasteiger partial charge in [0.25, 0.3) is 0 Å². The maximum absolute atomic E-state index is 2.35. The van der Waals surface area contributed by atoms with Crippen LogP contribution in [-0.4, -0.2) is 25.5 Å². The molecule has 0 amide bonds. The van der Waals surface area contributed by atoms with Crippen LogP contribution in [0.5, 0.6) is 0 Å². The Morgan fingerprint density at radius 2 is 1.45 bits per heavy atom. The van der Waals surface area contributed by atoms with Crippen molar-refractivity contribution in [3.8, 4) is 0 Å². The Hall–Kier alpha value is -0.0400. The van der Waals surface area contributed by atoms with E-state index in [1.807, 2.05) is 0 Å². The maximum atomic E-state index is 2.35. The normalized spacial score (nSPS) is 17.5. The van der Waals surface area contributed by atoms with Crippen molar-refractivity contribution in [2.45, 2.75) is 27.7 Å². The summed E-state index contributed by atoms with van der Waals surface area (Å²) in [5, 5.41) is 0. The summed E-state index contributed by atoms with van der Waals surface area (Å²) in [5.74, 6) is 2.45. The third kappa shape index (κ3) is 4.41. The van der Waals surface area contributed by atoms with Gasteiger partial charge in [0.15, 0.2) is 0 Å². The molecule has 2 unspecified atom stereocenters. The topological polar surface area (TPSA) is 3.24 Å². The van der Waals surface area contributed by atoms with Crippen LogP contribution in [0.4, 0.5) is 0 Å². The molecule has 0 bridgehead atoms. The SMILES string of the molecule is CC(C)C(C)C(C)CN(C)C. The van der Waals surface area contributed by atoms with Gasteiger partial charge >= 0.3 is 0 Å². The van der Waals surface area contributed by atoms with Crippen LogP contribution in [-0.2, 0) is 0 Å². The van der Waals surface area contributed by atoms with Gasteiger partial charge in [0, 0.05) is 6.54 Å². The fraction of sp³-hybridized carbons (Fsp3) is 1.00. The molecular formula is C10H23N. The fourth-order valence-electron chi connectivity index (χ4n) is 1.40. The van der Waals surface area contributed by atoms with E-state index in [1.165, 1.54) is 6.54 Å². The minimum absolute atomic E-state index is 0.810. The number of hydrogen-bond acceptors (Lipinski definition) is 1. The maximum Gasteiger partial charge on any atom is 0.000356 e. The summed E-state index contributed by atoms with van der Waals surface area (Å²) < 4.78 is 0. The second-order valence-electron chi connectivity index (χ2n) is 4.34. The number of nitrogens with zero attached hydrogens (tertiary/aromatic N) is 1. The third-order valence-corrected chi connectivity index (χ3v) is 2.60. The van der Waals surface area contributed by atoms with Crippen LogP contribution in [0, 0.1) is 17.8 Å². The molecule has 11 heavy (non-hydrogen) atoms. The highest BCUT2D eigenvalue weighted by Gasteiger charge is 2.15. The van der Waals surface area contributed by atoms with E-state index >= 15 is 0 Å². The molecule has 0 saturated carbocycles. The van der Waals surface area contributed by atoms with E-state index in [1.54, 1.807) is 0 Å².